The monoisotopic (exact) mass is 329 g/mol. The van der Waals surface area contributed by atoms with Gasteiger partial charge in [-0.15, -0.1) is 0 Å². The molecule has 0 aromatic heterocycles. The summed E-state index contributed by atoms with van der Waals surface area (Å²) in [4.78, 5) is 12.6. The van der Waals surface area contributed by atoms with Crippen LogP contribution in [0.4, 0.5) is 0 Å². The lowest BCUT2D eigenvalue weighted by Crippen LogP contribution is -2.09. The van der Waals surface area contributed by atoms with Crippen molar-refractivity contribution in [2.24, 2.45) is 11.7 Å². The van der Waals surface area contributed by atoms with Crippen molar-refractivity contribution in [3.05, 3.63) is 69.7 Å². The molecule has 1 saturated carbocycles. The lowest BCUT2D eigenvalue weighted by Gasteiger charge is -2.06. The van der Waals surface area contributed by atoms with E-state index in [0.717, 1.165) is 22.0 Å². The minimum atomic E-state index is 0.115. The van der Waals surface area contributed by atoms with Gasteiger partial charge < -0.3 is 5.73 Å². The van der Waals surface area contributed by atoms with E-state index in [9.17, 15) is 4.79 Å². The molecule has 2 unspecified atom stereocenters. The van der Waals surface area contributed by atoms with Crippen LogP contribution in [0, 0.1) is 5.92 Å². The van der Waals surface area contributed by atoms with Gasteiger partial charge >= 0.3 is 0 Å². The van der Waals surface area contributed by atoms with Crippen LogP contribution in [-0.4, -0.2) is 5.78 Å². The predicted octanol–water partition coefficient (Wildman–Crippen LogP) is 3.89. The Hall–Kier alpha value is -1.45. The van der Waals surface area contributed by atoms with Crippen LogP contribution in [0.3, 0.4) is 0 Å². The number of hydrogen-bond acceptors (Lipinski definition) is 2. The summed E-state index contributed by atoms with van der Waals surface area (Å²) >= 11 is 3.43. The van der Waals surface area contributed by atoms with E-state index in [1.165, 1.54) is 5.56 Å². The zero-order valence-corrected chi connectivity index (χ0v) is 12.6. The van der Waals surface area contributed by atoms with Gasteiger partial charge in [-0.3, -0.25) is 4.79 Å². The van der Waals surface area contributed by atoms with E-state index in [2.05, 4.69) is 28.1 Å². The third kappa shape index (κ3) is 2.56. The van der Waals surface area contributed by atoms with Crippen LogP contribution in [0.15, 0.2) is 53.0 Å². The molecule has 2 nitrogen and oxygen atoms in total. The quantitative estimate of drug-likeness (QED) is 0.864. The van der Waals surface area contributed by atoms with Gasteiger partial charge in [-0.25, -0.2) is 0 Å². The number of carbonyl (C=O) groups is 1. The van der Waals surface area contributed by atoms with Crippen molar-refractivity contribution >= 4 is 21.7 Å². The van der Waals surface area contributed by atoms with Crippen molar-refractivity contribution in [2.45, 2.75) is 18.9 Å². The molecule has 2 N–H and O–H groups in total. The lowest BCUT2D eigenvalue weighted by molar-refractivity contribution is 0.0964. The summed E-state index contributed by atoms with van der Waals surface area (Å²) in [7, 11) is 0. The summed E-state index contributed by atoms with van der Waals surface area (Å²) in [5.41, 5.74) is 8.70. The van der Waals surface area contributed by atoms with Gasteiger partial charge in [-0.05, 0) is 35.6 Å². The second-order valence-corrected chi connectivity index (χ2v) is 6.14. The molecule has 1 aliphatic carbocycles. The third-order valence-corrected chi connectivity index (χ3v) is 4.46. The van der Waals surface area contributed by atoms with Crippen LogP contribution in [0.1, 0.15) is 33.8 Å². The Morgan fingerprint density at radius 1 is 1.15 bits per heavy atom. The summed E-state index contributed by atoms with van der Waals surface area (Å²) < 4.78 is 1.07. The fourth-order valence-electron chi connectivity index (χ4n) is 2.70. The molecule has 3 heteroatoms. The first-order valence-corrected chi connectivity index (χ1v) is 7.57. The average molecular weight is 330 g/mol. The number of Topliss-reactive ketones (excluding diaryl/α,β-unsaturated/α-hetero) is 1. The molecular weight excluding hydrogens is 314 g/mol. The summed E-state index contributed by atoms with van der Waals surface area (Å²) in [5, 5.41) is 0. The molecule has 3 rings (SSSR count). The minimum absolute atomic E-state index is 0.115. The van der Waals surface area contributed by atoms with Gasteiger partial charge in [0.15, 0.2) is 5.78 Å². The zero-order chi connectivity index (χ0) is 14.1. The van der Waals surface area contributed by atoms with Crippen molar-refractivity contribution in [1.29, 1.82) is 0 Å². The van der Waals surface area contributed by atoms with Crippen LogP contribution in [0.25, 0.3) is 0 Å². The number of benzene rings is 2. The molecule has 102 valence electrons. The highest BCUT2D eigenvalue weighted by Gasteiger charge is 2.44. The Labute approximate surface area is 127 Å². The second-order valence-electron chi connectivity index (χ2n) is 5.23. The van der Waals surface area contributed by atoms with Crippen LogP contribution in [0.5, 0.6) is 0 Å². The smallest absolute Gasteiger partial charge is 0.166 e. The van der Waals surface area contributed by atoms with Crippen molar-refractivity contribution in [2.75, 3.05) is 0 Å². The summed E-state index contributed by atoms with van der Waals surface area (Å²) in [6.07, 6.45) is 0.944. The van der Waals surface area contributed by atoms with E-state index in [4.69, 9.17) is 5.73 Å². The van der Waals surface area contributed by atoms with Gasteiger partial charge in [0.1, 0.15) is 0 Å². The lowest BCUT2D eigenvalue weighted by atomic mass is 9.98. The first kappa shape index (κ1) is 13.5. The summed E-state index contributed by atoms with van der Waals surface area (Å²) in [6.45, 7) is 0.414. The number of rotatable bonds is 4. The predicted molar refractivity (Wildman–Crippen MR) is 83.7 cm³/mol. The van der Waals surface area contributed by atoms with Gasteiger partial charge in [-0.1, -0.05) is 52.3 Å². The maximum Gasteiger partial charge on any atom is 0.166 e. The Morgan fingerprint density at radius 3 is 2.55 bits per heavy atom. The van der Waals surface area contributed by atoms with Crippen molar-refractivity contribution in [3.8, 4) is 0 Å². The molecule has 2 atom stereocenters. The van der Waals surface area contributed by atoms with E-state index in [1.807, 2.05) is 36.4 Å². The second kappa shape index (κ2) is 5.51. The van der Waals surface area contributed by atoms with Gasteiger partial charge in [0, 0.05) is 22.5 Å². The fraction of sp³-hybridized carbons (Fsp3) is 0.235. The molecular formula is C17H16BrNO. The van der Waals surface area contributed by atoms with Gasteiger partial charge in [0.2, 0.25) is 0 Å². The Morgan fingerprint density at radius 2 is 1.85 bits per heavy atom. The number of ketones is 1. The molecule has 1 aliphatic rings. The largest absolute Gasteiger partial charge is 0.326 e. The maximum atomic E-state index is 12.6. The van der Waals surface area contributed by atoms with E-state index in [-0.39, 0.29) is 11.7 Å². The molecule has 2 aromatic carbocycles. The van der Waals surface area contributed by atoms with E-state index in [1.54, 1.807) is 0 Å². The van der Waals surface area contributed by atoms with E-state index >= 15 is 0 Å². The first-order chi connectivity index (χ1) is 9.70. The molecule has 0 saturated heterocycles. The first-order valence-electron chi connectivity index (χ1n) is 6.78. The molecule has 1 fully saturated rings. The van der Waals surface area contributed by atoms with Crippen molar-refractivity contribution < 1.29 is 4.79 Å². The minimum Gasteiger partial charge on any atom is -0.326 e. The molecule has 0 bridgehead atoms. The third-order valence-electron chi connectivity index (χ3n) is 3.93. The topological polar surface area (TPSA) is 43.1 Å². The Balaban J connectivity index is 1.79. The highest BCUT2D eigenvalue weighted by molar-refractivity contribution is 9.10. The van der Waals surface area contributed by atoms with Crippen LogP contribution in [0.2, 0.25) is 0 Å². The molecule has 20 heavy (non-hydrogen) atoms. The van der Waals surface area contributed by atoms with Crippen LogP contribution >= 0.6 is 15.9 Å². The molecule has 0 heterocycles. The van der Waals surface area contributed by atoms with Crippen molar-refractivity contribution in [1.82, 2.24) is 0 Å². The highest BCUT2D eigenvalue weighted by Crippen LogP contribution is 2.49. The number of hydrogen-bond donors (Lipinski definition) is 1. The highest BCUT2D eigenvalue weighted by atomic mass is 79.9. The summed E-state index contributed by atoms with van der Waals surface area (Å²) in [5.74, 6) is 0.712. The van der Waals surface area contributed by atoms with Crippen LogP contribution in [-0.2, 0) is 6.54 Å². The average Bonchev–Trinajstić information content (AvgIpc) is 3.27. The maximum absolute atomic E-state index is 12.6. The van der Waals surface area contributed by atoms with Crippen molar-refractivity contribution in [3.63, 3.8) is 0 Å². The SMILES string of the molecule is NCc1ccccc1C(=O)C1CC1c1ccc(Br)cc1. The fourth-order valence-corrected chi connectivity index (χ4v) is 2.97. The molecule has 0 amide bonds. The number of halogens is 1. The standard InChI is InChI=1S/C17H16BrNO/c18-13-7-5-11(6-8-13)15-9-16(15)17(20)14-4-2-1-3-12(14)10-19/h1-8,15-16H,9-10,19H2. The van der Waals surface area contributed by atoms with E-state index < -0.39 is 0 Å². The van der Waals surface area contributed by atoms with Crippen LogP contribution < -0.4 is 5.73 Å². The Bertz CT molecular complexity index is 636. The number of nitrogens with two attached hydrogens (primary N) is 1. The molecule has 0 aliphatic heterocycles. The molecule has 0 spiro atoms. The van der Waals surface area contributed by atoms with Gasteiger partial charge in [-0.2, -0.15) is 0 Å². The number of carbonyl (C=O) groups excluding carboxylic acids is 1. The zero-order valence-electron chi connectivity index (χ0n) is 11.1. The normalized spacial score (nSPS) is 20.7. The van der Waals surface area contributed by atoms with Gasteiger partial charge in [0.25, 0.3) is 0 Å². The van der Waals surface area contributed by atoms with Gasteiger partial charge in [0.05, 0.1) is 0 Å². The Kier molecular flexibility index (Phi) is 3.72. The summed E-state index contributed by atoms with van der Waals surface area (Å²) in [6, 6.07) is 15.9. The molecule has 2 aromatic rings. The van der Waals surface area contributed by atoms with E-state index in [0.29, 0.717) is 12.5 Å². The molecule has 0 radical (unpaired) electrons.